The van der Waals surface area contributed by atoms with E-state index in [9.17, 15) is 4.39 Å². The summed E-state index contributed by atoms with van der Waals surface area (Å²) < 4.78 is 19.1. The third kappa shape index (κ3) is 7.34. The van der Waals surface area contributed by atoms with Gasteiger partial charge in [0.2, 0.25) is 0 Å². The summed E-state index contributed by atoms with van der Waals surface area (Å²) in [5.41, 5.74) is 2.36. The number of hydrogen-bond acceptors (Lipinski definition) is 5. The number of benzene rings is 2. The largest absolute Gasteiger partial charge is 0.424 e. The summed E-state index contributed by atoms with van der Waals surface area (Å²) in [6.07, 6.45) is 6.76. The Balaban J connectivity index is 1.25. The van der Waals surface area contributed by atoms with E-state index in [0.29, 0.717) is 11.9 Å². The molecule has 0 aliphatic carbocycles. The molecular formula is C27H33FN4O. The quantitative estimate of drug-likeness (QED) is 0.427. The second-order valence-electron chi connectivity index (χ2n) is 8.79. The summed E-state index contributed by atoms with van der Waals surface area (Å²) in [5, 5.41) is 0. The Morgan fingerprint density at radius 3 is 2.64 bits per heavy atom. The maximum atomic E-state index is 13.4. The summed E-state index contributed by atoms with van der Waals surface area (Å²) in [5.74, 6) is 1.27. The first-order valence-corrected chi connectivity index (χ1v) is 11.9. The summed E-state index contributed by atoms with van der Waals surface area (Å²) >= 11 is 0. The maximum Gasteiger partial charge on any atom is 0.321 e. The number of likely N-dealkylation sites (tertiary alicyclic amines) is 1. The number of nitrogens with zero attached hydrogens (tertiary/aromatic N) is 4. The van der Waals surface area contributed by atoms with Crippen molar-refractivity contribution in [2.75, 3.05) is 32.7 Å². The van der Waals surface area contributed by atoms with Crippen LogP contribution < -0.4 is 4.74 Å². The normalized spacial score (nSPS) is 16.8. The van der Waals surface area contributed by atoms with Gasteiger partial charge in [0, 0.05) is 38.6 Å². The first kappa shape index (κ1) is 23.3. The molecule has 174 valence electrons. The molecule has 0 unspecified atom stereocenters. The van der Waals surface area contributed by atoms with Gasteiger partial charge in [-0.15, -0.1) is 0 Å². The highest BCUT2D eigenvalue weighted by molar-refractivity contribution is 5.29. The third-order valence-corrected chi connectivity index (χ3v) is 6.25. The average molecular weight is 449 g/mol. The van der Waals surface area contributed by atoms with E-state index in [4.69, 9.17) is 4.74 Å². The minimum atomic E-state index is -0.143. The highest BCUT2D eigenvalue weighted by Gasteiger charge is 2.21. The number of ether oxygens (including phenoxy) is 1. The molecule has 4 rings (SSSR count). The lowest BCUT2D eigenvalue weighted by atomic mass is 9.96. The van der Waals surface area contributed by atoms with Crippen molar-refractivity contribution >= 4 is 0 Å². The van der Waals surface area contributed by atoms with E-state index in [1.165, 1.54) is 24.5 Å². The number of aromatic nitrogens is 2. The summed E-state index contributed by atoms with van der Waals surface area (Å²) in [6.45, 7) is 8.55. The molecule has 0 amide bonds. The van der Waals surface area contributed by atoms with E-state index in [1.807, 2.05) is 18.2 Å². The highest BCUT2D eigenvalue weighted by atomic mass is 19.1. The fourth-order valence-electron chi connectivity index (χ4n) is 4.52. The monoisotopic (exact) mass is 448 g/mol. The Labute approximate surface area is 196 Å². The van der Waals surface area contributed by atoms with Crippen LogP contribution in [0, 0.1) is 11.7 Å². The first-order valence-electron chi connectivity index (χ1n) is 11.9. The second-order valence-corrected chi connectivity index (χ2v) is 8.79. The van der Waals surface area contributed by atoms with Crippen LogP contribution in [0.5, 0.6) is 11.8 Å². The Kier molecular flexibility index (Phi) is 8.39. The Hall–Kier alpha value is -2.83. The van der Waals surface area contributed by atoms with Gasteiger partial charge in [-0.1, -0.05) is 31.2 Å². The van der Waals surface area contributed by atoms with Gasteiger partial charge in [0.25, 0.3) is 0 Å². The summed E-state index contributed by atoms with van der Waals surface area (Å²) in [6, 6.07) is 17.3. The van der Waals surface area contributed by atoms with Crippen LogP contribution in [-0.2, 0) is 13.0 Å². The number of halogens is 1. The zero-order chi connectivity index (χ0) is 22.9. The Morgan fingerprint density at radius 1 is 1.06 bits per heavy atom. The van der Waals surface area contributed by atoms with Crippen LogP contribution in [-0.4, -0.2) is 52.5 Å². The van der Waals surface area contributed by atoms with Crippen molar-refractivity contribution in [2.24, 2.45) is 5.92 Å². The van der Waals surface area contributed by atoms with Crippen molar-refractivity contribution in [3.63, 3.8) is 0 Å². The van der Waals surface area contributed by atoms with Crippen LogP contribution in [0.4, 0.5) is 4.39 Å². The molecule has 1 fully saturated rings. The van der Waals surface area contributed by atoms with E-state index in [-0.39, 0.29) is 5.82 Å². The summed E-state index contributed by atoms with van der Waals surface area (Å²) in [7, 11) is 0. The molecule has 0 N–H and O–H groups in total. The smallest absolute Gasteiger partial charge is 0.321 e. The molecule has 0 saturated carbocycles. The van der Waals surface area contributed by atoms with Crippen molar-refractivity contribution in [3.8, 4) is 11.8 Å². The SMILES string of the molecule is CCN(Cc1ccc(Oc2ncccn2)cc1)C[C@@H]1CCCN(CCc2cccc(F)c2)C1. The van der Waals surface area contributed by atoms with Gasteiger partial charge in [0.1, 0.15) is 11.6 Å². The van der Waals surface area contributed by atoms with Crippen molar-refractivity contribution in [1.82, 2.24) is 19.8 Å². The van der Waals surface area contributed by atoms with E-state index >= 15 is 0 Å². The number of rotatable bonds is 10. The molecule has 2 heterocycles. The third-order valence-electron chi connectivity index (χ3n) is 6.25. The predicted molar refractivity (Wildman–Crippen MR) is 129 cm³/mol. The molecule has 0 spiro atoms. The van der Waals surface area contributed by atoms with Crippen molar-refractivity contribution in [1.29, 1.82) is 0 Å². The van der Waals surface area contributed by atoms with E-state index < -0.39 is 0 Å². The Bertz CT molecular complexity index is 983. The minimum absolute atomic E-state index is 0.143. The van der Waals surface area contributed by atoms with Gasteiger partial charge in [0.05, 0.1) is 0 Å². The van der Waals surface area contributed by atoms with Crippen LogP contribution in [0.3, 0.4) is 0 Å². The van der Waals surface area contributed by atoms with Crippen LogP contribution >= 0.6 is 0 Å². The second kappa shape index (κ2) is 11.9. The molecular weight excluding hydrogens is 415 g/mol. The number of hydrogen-bond donors (Lipinski definition) is 0. The molecule has 2 aromatic carbocycles. The minimum Gasteiger partial charge on any atom is -0.424 e. The molecule has 6 heteroatoms. The molecule has 0 bridgehead atoms. The zero-order valence-corrected chi connectivity index (χ0v) is 19.4. The molecule has 33 heavy (non-hydrogen) atoms. The number of piperidine rings is 1. The molecule has 3 aromatic rings. The predicted octanol–water partition coefficient (Wildman–Crippen LogP) is 5.18. The lowest BCUT2D eigenvalue weighted by Gasteiger charge is -2.35. The van der Waals surface area contributed by atoms with E-state index in [1.54, 1.807) is 30.6 Å². The fraction of sp³-hybridized carbons (Fsp3) is 0.407. The summed E-state index contributed by atoms with van der Waals surface area (Å²) in [4.78, 5) is 13.3. The molecule has 0 radical (unpaired) electrons. The lowest BCUT2D eigenvalue weighted by Crippen LogP contribution is -2.41. The van der Waals surface area contributed by atoms with Gasteiger partial charge in [-0.3, -0.25) is 4.90 Å². The van der Waals surface area contributed by atoms with E-state index in [0.717, 1.165) is 57.0 Å². The van der Waals surface area contributed by atoms with Gasteiger partial charge in [-0.25, -0.2) is 14.4 Å². The maximum absolute atomic E-state index is 13.4. The van der Waals surface area contributed by atoms with Gasteiger partial charge < -0.3 is 9.64 Å². The fourth-order valence-corrected chi connectivity index (χ4v) is 4.52. The molecule has 1 aromatic heterocycles. The van der Waals surface area contributed by atoms with Gasteiger partial charge in [0.15, 0.2) is 0 Å². The topological polar surface area (TPSA) is 41.5 Å². The van der Waals surface area contributed by atoms with Crippen molar-refractivity contribution in [3.05, 3.63) is 83.9 Å². The van der Waals surface area contributed by atoms with Crippen LogP contribution in [0.2, 0.25) is 0 Å². The molecule has 1 atom stereocenters. The van der Waals surface area contributed by atoms with Crippen LogP contribution in [0.15, 0.2) is 67.0 Å². The highest BCUT2D eigenvalue weighted by Crippen LogP contribution is 2.21. The molecule has 1 aliphatic heterocycles. The van der Waals surface area contributed by atoms with Crippen molar-refractivity contribution in [2.45, 2.75) is 32.7 Å². The van der Waals surface area contributed by atoms with Gasteiger partial charge in [-0.05, 0) is 79.7 Å². The van der Waals surface area contributed by atoms with Gasteiger partial charge >= 0.3 is 6.01 Å². The molecule has 1 saturated heterocycles. The van der Waals surface area contributed by atoms with Crippen molar-refractivity contribution < 1.29 is 9.13 Å². The van der Waals surface area contributed by atoms with E-state index in [2.05, 4.69) is 38.8 Å². The molecule has 5 nitrogen and oxygen atoms in total. The van der Waals surface area contributed by atoms with Crippen LogP contribution in [0.25, 0.3) is 0 Å². The average Bonchev–Trinajstić information content (AvgIpc) is 2.84. The molecule has 1 aliphatic rings. The van der Waals surface area contributed by atoms with Crippen LogP contribution in [0.1, 0.15) is 30.9 Å². The zero-order valence-electron chi connectivity index (χ0n) is 19.4. The standard InChI is InChI=1S/C27H33FN4O/c1-2-31(19-23-9-11-26(12-10-23)33-27-29-14-5-15-30-27)20-24-7-4-16-32(21-24)17-13-22-6-3-8-25(28)18-22/h3,5-6,8-12,14-15,18,24H,2,4,7,13,16-17,19-21H2,1H3/t24-/m0/s1. The van der Waals surface area contributed by atoms with Gasteiger partial charge in [-0.2, -0.15) is 0 Å². The lowest BCUT2D eigenvalue weighted by molar-refractivity contribution is 0.133. The first-order chi connectivity index (χ1) is 16.2. The Morgan fingerprint density at radius 2 is 1.88 bits per heavy atom.